The monoisotopic (exact) mass is 1230 g/mol. The highest BCUT2D eigenvalue weighted by Gasteiger charge is 2.30. The number of ether oxygens (including phenoxy) is 4. The molecule has 4 unspecified atom stereocenters. The first-order valence-corrected chi connectivity index (χ1v) is 36.3. The molecule has 0 bridgehead atoms. The van der Waals surface area contributed by atoms with Crippen LogP contribution in [-0.2, 0) is 65.4 Å². The summed E-state index contributed by atoms with van der Waals surface area (Å²) in [5.74, 6) is 0.762. The summed E-state index contributed by atoms with van der Waals surface area (Å²) in [4.78, 5) is 72.2. The number of hydrogen-bond acceptors (Lipinski definition) is 15. The molecule has 0 saturated carbocycles. The van der Waals surface area contributed by atoms with Gasteiger partial charge >= 0.3 is 39.5 Å². The Morgan fingerprint density at radius 2 is 0.578 bits per heavy atom. The van der Waals surface area contributed by atoms with E-state index in [0.717, 1.165) is 114 Å². The minimum atomic E-state index is -4.95. The molecule has 0 aromatic rings. The summed E-state index contributed by atoms with van der Waals surface area (Å²) < 4.78 is 68.0. The molecule has 0 aromatic heterocycles. The highest BCUT2D eigenvalue weighted by molar-refractivity contribution is 7.47. The number of phosphoric acid groups is 2. The zero-order valence-electron chi connectivity index (χ0n) is 53.8. The standard InChI is InChI=1S/C64H124O17P2/c1-9-56(7)42-34-26-20-22-29-37-45-62(67)75-51-59(80-63(68)46-38-30-19-15-17-25-33-41-55(5)6)52-78-82(70,71)76-48-58(65)49-77-83(72,73)79-53-60(81-64(69)47-39-31-23-21-27-35-43-57(8)10-2)50-74-61(66)44-36-28-18-14-12-11-13-16-24-32-40-54(3)4/h54-60,65H,9-53H2,1-8H3,(H,70,71)(H,72,73)/t56?,57?,58-,59+,60+/m0/s1. The molecular weight excluding hydrogens is 1100 g/mol. The van der Waals surface area contributed by atoms with E-state index in [1.54, 1.807) is 0 Å². The first kappa shape index (κ1) is 81.1. The number of rotatable bonds is 61. The predicted molar refractivity (Wildman–Crippen MR) is 331 cm³/mol. The Kier molecular flexibility index (Phi) is 53.0. The van der Waals surface area contributed by atoms with Gasteiger partial charge in [0.05, 0.1) is 26.4 Å². The molecule has 0 amide bonds. The molecule has 17 nitrogen and oxygen atoms in total. The van der Waals surface area contributed by atoms with Crippen LogP contribution < -0.4 is 0 Å². The van der Waals surface area contributed by atoms with Crippen LogP contribution in [0.2, 0.25) is 0 Å². The maximum atomic E-state index is 13.0. The Morgan fingerprint density at radius 3 is 0.855 bits per heavy atom. The van der Waals surface area contributed by atoms with E-state index in [2.05, 4.69) is 55.4 Å². The number of unbranched alkanes of at least 4 members (excludes halogenated alkanes) is 25. The molecule has 0 rings (SSSR count). The third-order valence-electron chi connectivity index (χ3n) is 15.3. The van der Waals surface area contributed by atoms with Crippen molar-refractivity contribution in [2.75, 3.05) is 39.6 Å². The SMILES string of the molecule is CCC(C)CCCCCCCCC(=O)OC[C@H](COP(=O)(O)OC[C@H](O)COP(=O)(O)OC[C@@H](COC(=O)CCCCCCCCCCCCC(C)C)OC(=O)CCCCCCCCC(C)CC)OC(=O)CCCCCCCCCC(C)C. The number of carbonyl (C=O) groups is 4. The molecule has 0 radical (unpaired) electrons. The summed E-state index contributed by atoms with van der Waals surface area (Å²) in [6, 6.07) is 0. The first-order chi connectivity index (χ1) is 39.7. The van der Waals surface area contributed by atoms with Crippen LogP contribution in [0.4, 0.5) is 0 Å². The van der Waals surface area contributed by atoms with E-state index in [4.69, 9.17) is 37.0 Å². The van der Waals surface area contributed by atoms with Gasteiger partial charge < -0.3 is 33.8 Å². The zero-order valence-corrected chi connectivity index (χ0v) is 55.6. The summed E-state index contributed by atoms with van der Waals surface area (Å²) in [6.07, 6.45) is 33.6. The van der Waals surface area contributed by atoms with Crippen LogP contribution in [-0.4, -0.2) is 96.7 Å². The van der Waals surface area contributed by atoms with Crippen LogP contribution in [0.5, 0.6) is 0 Å². The van der Waals surface area contributed by atoms with E-state index in [-0.39, 0.29) is 25.7 Å². The number of phosphoric ester groups is 2. The molecule has 3 N–H and O–H groups in total. The van der Waals surface area contributed by atoms with Crippen molar-refractivity contribution in [3.05, 3.63) is 0 Å². The molecule has 0 aliphatic heterocycles. The van der Waals surface area contributed by atoms with E-state index in [1.165, 1.54) is 103 Å². The second kappa shape index (κ2) is 54.2. The van der Waals surface area contributed by atoms with Crippen LogP contribution in [0, 0.1) is 23.7 Å². The quantitative estimate of drug-likeness (QED) is 0.0222. The predicted octanol–water partition coefficient (Wildman–Crippen LogP) is 17.4. The number of carbonyl (C=O) groups excluding carboxylic acids is 4. The molecule has 0 aliphatic carbocycles. The second-order valence-corrected chi connectivity index (χ2v) is 27.5. The minimum absolute atomic E-state index is 0.102. The van der Waals surface area contributed by atoms with E-state index in [0.29, 0.717) is 31.6 Å². The third kappa shape index (κ3) is 56.3. The van der Waals surface area contributed by atoms with Crippen LogP contribution in [0.15, 0.2) is 0 Å². The average Bonchev–Trinajstić information content (AvgIpc) is 3.45. The van der Waals surface area contributed by atoms with Gasteiger partial charge in [0.15, 0.2) is 12.2 Å². The summed E-state index contributed by atoms with van der Waals surface area (Å²) >= 11 is 0. The lowest BCUT2D eigenvalue weighted by Crippen LogP contribution is -2.30. The maximum Gasteiger partial charge on any atom is 0.472 e. The van der Waals surface area contributed by atoms with Gasteiger partial charge in [-0.1, -0.05) is 254 Å². The zero-order chi connectivity index (χ0) is 61.8. The normalized spacial score (nSPS) is 15.1. The number of hydrogen-bond donors (Lipinski definition) is 3. The van der Waals surface area contributed by atoms with E-state index in [9.17, 15) is 43.2 Å². The lowest BCUT2D eigenvalue weighted by Gasteiger charge is -2.21. The summed E-state index contributed by atoms with van der Waals surface area (Å²) in [7, 11) is -9.89. The lowest BCUT2D eigenvalue weighted by atomic mass is 10.00. The molecule has 0 aliphatic rings. The Bertz CT molecular complexity index is 1670. The summed E-state index contributed by atoms with van der Waals surface area (Å²) in [5, 5.41) is 10.5. The van der Waals surface area contributed by atoms with Crippen molar-refractivity contribution in [1.29, 1.82) is 0 Å². The van der Waals surface area contributed by atoms with Crippen molar-refractivity contribution in [3.8, 4) is 0 Å². The van der Waals surface area contributed by atoms with Gasteiger partial charge in [-0.3, -0.25) is 37.3 Å². The highest BCUT2D eigenvalue weighted by atomic mass is 31.2. The molecular formula is C64H124O17P2. The molecule has 0 spiro atoms. The largest absolute Gasteiger partial charge is 0.472 e. The molecule has 0 aromatic carbocycles. The molecule has 0 heterocycles. The molecule has 492 valence electrons. The molecule has 19 heteroatoms. The Hall–Kier alpha value is -1.94. The summed E-state index contributed by atoms with van der Waals surface area (Å²) in [5.41, 5.74) is 0. The molecule has 83 heavy (non-hydrogen) atoms. The average molecular weight is 1230 g/mol. The molecule has 0 saturated heterocycles. The number of esters is 4. The van der Waals surface area contributed by atoms with E-state index in [1.807, 2.05) is 0 Å². The summed E-state index contributed by atoms with van der Waals surface area (Å²) in [6.45, 7) is 13.9. The third-order valence-corrected chi connectivity index (χ3v) is 17.2. The Morgan fingerprint density at radius 1 is 0.337 bits per heavy atom. The van der Waals surface area contributed by atoms with E-state index < -0.39 is 97.5 Å². The molecule has 0 fully saturated rings. The fourth-order valence-electron chi connectivity index (χ4n) is 9.36. The Balaban J connectivity index is 5.25. The highest BCUT2D eigenvalue weighted by Crippen LogP contribution is 2.45. The van der Waals surface area contributed by atoms with Gasteiger partial charge in [-0.2, -0.15) is 0 Å². The van der Waals surface area contributed by atoms with Gasteiger partial charge in [-0.25, -0.2) is 9.13 Å². The second-order valence-electron chi connectivity index (χ2n) is 24.6. The van der Waals surface area contributed by atoms with Crippen LogP contribution in [0.1, 0.15) is 306 Å². The van der Waals surface area contributed by atoms with Crippen LogP contribution in [0.25, 0.3) is 0 Å². The smallest absolute Gasteiger partial charge is 0.462 e. The van der Waals surface area contributed by atoms with Crippen molar-refractivity contribution in [1.82, 2.24) is 0 Å². The van der Waals surface area contributed by atoms with Crippen molar-refractivity contribution < 1.29 is 80.2 Å². The number of aliphatic hydroxyl groups excluding tert-OH is 1. The van der Waals surface area contributed by atoms with Gasteiger partial charge in [0.1, 0.15) is 19.3 Å². The number of aliphatic hydroxyl groups is 1. The van der Waals surface area contributed by atoms with Crippen molar-refractivity contribution in [2.24, 2.45) is 23.7 Å². The first-order valence-electron chi connectivity index (χ1n) is 33.3. The lowest BCUT2D eigenvalue weighted by molar-refractivity contribution is -0.161. The molecule has 7 atom stereocenters. The van der Waals surface area contributed by atoms with Gasteiger partial charge in [0.2, 0.25) is 0 Å². The van der Waals surface area contributed by atoms with Crippen molar-refractivity contribution in [3.63, 3.8) is 0 Å². The van der Waals surface area contributed by atoms with Gasteiger partial charge in [0, 0.05) is 25.7 Å². The van der Waals surface area contributed by atoms with Crippen molar-refractivity contribution >= 4 is 39.5 Å². The fourth-order valence-corrected chi connectivity index (χ4v) is 10.9. The fraction of sp³-hybridized carbons (Fsp3) is 0.938. The van der Waals surface area contributed by atoms with Gasteiger partial charge in [-0.05, 0) is 49.4 Å². The van der Waals surface area contributed by atoms with Crippen LogP contribution in [0.3, 0.4) is 0 Å². The van der Waals surface area contributed by atoms with Gasteiger partial charge in [-0.15, -0.1) is 0 Å². The minimum Gasteiger partial charge on any atom is -0.462 e. The van der Waals surface area contributed by atoms with Crippen molar-refractivity contribution in [2.45, 2.75) is 324 Å². The van der Waals surface area contributed by atoms with Crippen LogP contribution >= 0.6 is 15.6 Å². The van der Waals surface area contributed by atoms with Gasteiger partial charge in [0.25, 0.3) is 0 Å². The van der Waals surface area contributed by atoms with E-state index >= 15 is 0 Å². The maximum absolute atomic E-state index is 13.0. The topological polar surface area (TPSA) is 237 Å². The Labute approximate surface area is 505 Å².